The predicted molar refractivity (Wildman–Crippen MR) is 102 cm³/mol. The fourth-order valence-corrected chi connectivity index (χ4v) is 3.81. The molecule has 0 radical (unpaired) electrons. The number of rotatable bonds is 4. The number of benzene rings is 2. The lowest BCUT2D eigenvalue weighted by atomic mass is 9.82. The van der Waals surface area contributed by atoms with E-state index in [0.29, 0.717) is 0 Å². The van der Waals surface area contributed by atoms with Crippen LogP contribution in [0.5, 0.6) is 11.5 Å². The van der Waals surface area contributed by atoms with Gasteiger partial charge in [-0.1, -0.05) is 12.1 Å². The first kappa shape index (κ1) is 21.4. The third-order valence-corrected chi connectivity index (χ3v) is 5.42. The summed E-state index contributed by atoms with van der Waals surface area (Å²) in [6.45, 7) is -1.10. The van der Waals surface area contributed by atoms with Crippen LogP contribution in [0.25, 0.3) is 0 Å². The van der Waals surface area contributed by atoms with Crippen LogP contribution in [0.1, 0.15) is 37.4 Å². The first-order chi connectivity index (χ1) is 14.8. The normalized spacial score (nSPS) is 27.6. The van der Waals surface area contributed by atoms with Gasteiger partial charge in [0.2, 0.25) is 12.1 Å². The molecule has 2 aliphatic rings. The van der Waals surface area contributed by atoms with Crippen LogP contribution >= 0.6 is 0 Å². The number of ketones is 2. The average molecular weight is 432 g/mol. The maximum Gasteiger partial charge on any atom is 0.229 e. The number of aromatic hydroxyl groups is 1. The third-order valence-electron chi connectivity index (χ3n) is 5.42. The molecule has 1 aliphatic heterocycles. The number of hydrogen-bond acceptors (Lipinski definition) is 10. The molecule has 2 aromatic carbocycles. The van der Waals surface area contributed by atoms with Crippen molar-refractivity contribution in [3.8, 4) is 11.5 Å². The van der Waals surface area contributed by atoms with E-state index in [1.54, 1.807) is 0 Å². The van der Waals surface area contributed by atoms with E-state index in [4.69, 9.17) is 9.47 Å². The van der Waals surface area contributed by atoms with Gasteiger partial charge >= 0.3 is 0 Å². The highest BCUT2D eigenvalue weighted by molar-refractivity contribution is 6.30. The molecule has 3 unspecified atom stereocenters. The molecular formula is C21H20O10. The lowest BCUT2D eigenvalue weighted by Gasteiger charge is -2.39. The molecule has 1 saturated heterocycles. The smallest absolute Gasteiger partial charge is 0.229 e. The zero-order chi connectivity index (χ0) is 22.4. The number of carbonyl (C=O) groups excluding carboxylic acids is 2. The standard InChI is InChI=1S/C21H20O10/c22-6-8-4-10-14(11(24)5-8)18(27)15-9(16(10)25)2-1-3-12(15)30-21-20(29)19(28)17(26)13(7-23)31-21/h1-5,13,17,19-24,26,28-29H,6-7H2/t13?,17-,19?,20?,21-/m0/s1. The van der Waals surface area contributed by atoms with Gasteiger partial charge in [-0.15, -0.1) is 0 Å². The largest absolute Gasteiger partial charge is 0.507 e. The van der Waals surface area contributed by atoms with E-state index in [2.05, 4.69) is 0 Å². The van der Waals surface area contributed by atoms with Crippen molar-refractivity contribution >= 4 is 11.6 Å². The van der Waals surface area contributed by atoms with E-state index < -0.39 is 61.2 Å². The van der Waals surface area contributed by atoms with Crippen LogP contribution in [0.4, 0.5) is 0 Å². The average Bonchev–Trinajstić information content (AvgIpc) is 2.77. The van der Waals surface area contributed by atoms with E-state index in [0.717, 1.165) is 0 Å². The Kier molecular flexibility index (Phi) is 5.52. The monoisotopic (exact) mass is 432 g/mol. The van der Waals surface area contributed by atoms with E-state index >= 15 is 0 Å². The molecule has 0 saturated carbocycles. The Morgan fingerprint density at radius 3 is 2.32 bits per heavy atom. The first-order valence-corrected chi connectivity index (χ1v) is 9.44. The van der Waals surface area contributed by atoms with Crippen molar-refractivity contribution in [1.29, 1.82) is 0 Å². The summed E-state index contributed by atoms with van der Waals surface area (Å²) in [5.41, 5.74) is -0.251. The minimum Gasteiger partial charge on any atom is -0.507 e. The van der Waals surface area contributed by atoms with E-state index in [1.807, 2.05) is 0 Å². The van der Waals surface area contributed by atoms with Gasteiger partial charge in [0.1, 0.15) is 35.9 Å². The maximum atomic E-state index is 13.2. The summed E-state index contributed by atoms with van der Waals surface area (Å²) < 4.78 is 10.9. The second-order valence-electron chi connectivity index (χ2n) is 7.35. The zero-order valence-corrected chi connectivity index (χ0v) is 16.0. The molecule has 164 valence electrons. The van der Waals surface area contributed by atoms with Gasteiger partial charge in [0, 0.05) is 11.1 Å². The van der Waals surface area contributed by atoms with Gasteiger partial charge in [0.05, 0.1) is 24.3 Å². The van der Waals surface area contributed by atoms with Crippen molar-refractivity contribution in [3.05, 3.63) is 58.1 Å². The van der Waals surface area contributed by atoms with Crippen LogP contribution in [0.15, 0.2) is 30.3 Å². The Balaban J connectivity index is 1.75. The summed E-state index contributed by atoms with van der Waals surface area (Å²) in [6, 6.07) is 6.67. The molecule has 6 N–H and O–H groups in total. The molecular weight excluding hydrogens is 412 g/mol. The van der Waals surface area contributed by atoms with Crippen molar-refractivity contribution in [1.82, 2.24) is 0 Å². The van der Waals surface area contributed by atoms with E-state index in [9.17, 15) is 40.2 Å². The van der Waals surface area contributed by atoms with Gasteiger partial charge in [-0.2, -0.15) is 0 Å². The van der Waals surface area contributed by atoms with Crippen LogP contribution in [0, 0.1) is 0 Å². The van der Waals surface area contributed by atoms with Crippen LogP contribution in [0.2, 0.25) is 0 Å². The molecule has 2 aromatic rings. The number of aliphatic hydroxyl groups is 5. The topological polar surface area (TPSA) is 174 Å². The number of phenolic OH excluding ortho intramolecular Hbond substituents is 1. The van der Waals surface area contributed by atoms with Crippen molar-refractivity contribution in [2.45, 2.75) is 37.3 Å². The predicted octanol–water partition coefficient (Wildman–Crippen LogP) is -1.16. The highest BCUT2D eigenvalue weighted by Gasteiger charge is 2.45. The summed E-state index contributed by atoms with van der Waals surface area (Å²) in [5, 5.41) is 59.0. The molecule has 0 amide bonds. The molecule has 10 heteroatoms. The second-order valence-corrected chi connectivity index (χ2v) is 7.35. The molecule has 1 fully saturated rings. The lowest BCUT2D eigenvalue weighted by Crippen LogP contribution is -2.60. The van der Waals surface area contributed by atoms with Crippen LogP contribution < -0.4 is 4.74 Å². The second kappa shape index (κ2) is 8.00. The van der Waals surface area contributed by atoms with Gasteiger partial charge in [-0.3, -0.25) is 9.59 Å². The van der Waals surface area contributed by atoms with Gasteiger partial charge in [0.25, 0.3) is 0 Å². The van der Waals surface area contributed by atoms with Crippen molar-refractivity contribution in [2.24, 2.45) is 0 Å². The van der Waals surface area contributed by atoms with Crippen LogP contribution in [-0.4, -0.2) is 79.5 Å². The molecule has 0 bridgehead atoms. The summed E-state index contributed by atoms with van der Waals surface area (Å²) in [6.07, 6.45) is -7.76. The van der Waals surface area contributed by atoms with Crippen LogP contribution in [0.3, 0.4) is 0 Å². The molecule has 10 nitrogen and oxygen atoms in total. The van der Waals surface area contributed by atoms with Gasteiger partial charge in [-0.25, -0.2) is 0 Å². The number of ether oxygens (including phenoxy) is 2. The Bertz CT molecular complexity index is 1050. The number of phenols is 1. The third kappa shape index (κ3) is 3.39. The highest BCUT2D eigenvalue weighted by Crippen LogP contribution is 2.38. The number of hydrogen-bond donors (Lipinski definition) is 6. The first-order valence-electron chi connectivity index (χ1n) is 9.44. The van der Waals surface area contributed by atoms with Crippen LogP contribution in [-0.2, 0) is 11.3 Å². The molecule has 0 spiro atoms. The molecule has 1 aliphatic carbocycles. The number of fused-ring (bicyclic) bond motifs is 2. The molecule has 31 heavy (non-hydrogen) atoms. The quantitative estimate of drug-likeness (QED) is 0.295. The maximum absolute atomic E-state index is 13.2. The van der Waals surface area contributed by atoms with E-state index in [-0.39, 0.29) is 33.6 Å². The molecule has 1 heterocycles. The fourth-order valence-electron chi connectivity index (χ4n) is 3.81. The van der Waals surface area contributed by atoms with Gasteiger partial charge in [0.15, 0.2) is 5.78 Å². The zero-order valence-electron chi connectivity index (χ0n) is 16.0. The summed E-state index contributed by atoms with van der Waals surface area (Å²) in [5.74, 6) is -1.93. The Morgan fingerprint density at radius 1 is 0.903 bits per heavy atom. The minimum absolute atomic E-state index is 0.0194. The van der Waals surface area contributed by atoms with Crippen molar-refractivity contribution in [3.63, 3.8) is 0 Å². The van der Waals surface area contributed by atoms with E-state index in [1.165, 1.54) is 30.3 Å². The highest BCUT2D eigenvalue weighted by atomic mass is 16.7. The van der Waals surface area contributed by atoms with Gasteiger partial charge < -0.3 is 40.1 Å². The molecule has 0 aromatic heterocycles. The SMILES string of the molecule is O=C1c2cc(CO)cc(O)c2C(=O)c2c(O[C@H]3OC(CO)[C@H](O)C(O)C3O)cccc21. The summed E-state index contributed by atoms with van der Waals surface area (Å²) in [7, 11) is 0. The van der Waals surface area contributed by atoms with Crippen molar-refractivity contribution < 1.29 is 49.7 Å². The Labute approximate surface area is 175 Å². The summed E-state index contributed by atoms with van der Waals surface area (Å²) >= 11 is 0. The summed E-state index contributed by atoms with van der Waals surface area (Å²) in [4.78, 5) is 26.2. The Morgan fingerprint density at radius 2 is 1.65 bits per heavy atom. The molecule has 5 atom stereocenters. The van der Waals surface area contributed by atoms with Gasteiger partial charge in [-0.05, 0) is 23.8 Å². The lowest BCUT2D eigenvalue weighted by molar-refractivity contribution is -0.277. The minimum atomic E-state index is -1.71. The fraction of sp³-hybridized carbons (Fsp3) is 0.333. The Hall–Kier alpha value is -2.86. The van der Waals surface area contributed by atoms with Crippen molar-refractivity contribution in [2.75, 3.05) is 6.61 Å². The number of aliphatic hydroxyl groups excluding tert-OH is 5. The number of carbonyl (C=O) groups is 2. The molecule has 4 rings (SSSR count).